The van der Waals surface area contributed by atoms with Crippen molar-refractivity contribution in [1.29, 1.82) is 0 Å². The van der Waals surface area contributed by atoms with Gasteiger partial charge in [0.25, 0.3) is 11.8 Å². The summed E-state index contributed by atoms with van der Waals surface area (Å²) < 4.78 is 6.02. The minimum Gasteiger partial charge on any atom is -0.495 e. The third-order valence-corrected chi connectivity index (χ3v) is 6.59. The van der Waals surface area contributed by atoms with Crippen LogP contribution >= 0.6 is 22.9 Å². The fourth-order valence-electron chi connectivity index (χ4n) is 3.48. The van der Waals surface area contributed by atoms with Gasteiger partial charge in [-0.05, 0) is 37.4 Å². The lowest BCUT2D eigenvalue weighted by atomic mass is 10.1. The molecule has 0 aliphatic carbocycles. The van der Waals surface area contributed by atoms with Gasteiger partial charge in [0.2, 0.25) is 6.10 Å². The first-order valence-electron chi connectivity index (χ1n) is 9.89. The first kappa shape index (κ1) is 21.6. The lowest BCUT2D eigenvalue weighted by Gasteiger charge is -2.32. The summed E-state index contributed by atoms with van der Waals surface area (Å²) in [6.45, 7) is 3.02. The first-order valence-corrected chi connectivity index (χ1v) is 11.1. The number of nitrogens with one attached hydrogen (secondary N) is 1. The zero-order valence-electron chi connectivity index (χ0n) is 17.3. The van der Waals surface area contributed by atoms with E-state index in [1.165, 1.54) is 18.4 Å². The molecule has 1 N–H and O–H groups in total. The Labute approximate surface area is 189 Å². The fraction of sp³-hybridized carbons (Fsp3) is 0.381. The standard InChI is InChI=1S/C21H23ClN4O4S/c1-25-7-9-26(10-8-25)21(28)13-3-4-16(29-2)14(11-13)23-20(27)17-12-15(24-30-17)18-5-6-19(22)31-18/h3-6,11,17H,7-10,12H2,1-2H3,(H,23,27). The van der Waals surface area contributed by atoms with Gasteiger partial charge >= 0.3 is 0 Å². The summed E-state index contributed by atoms with van der Waals surface area (Å²) in [6.07, 6.45) is -0.428. The fourth-order valence-corrected chi connectivity index (χ4v) is 4.51. The second kappa shape index (κ2) is 9.25. The Morgan fingerprint density at radius 3 is 2.68 bits per heavy atom. The number of rotatable bonds is 5. The van der Waals surface area contributed by atoms with Crippen molar-refractivity contribution < 1.29 is 19.2 Å². The van der Waals surface area contributed by atoms with Crippen molar-refractivity contribution in [3.63, 3.8) is 0 Å². The van der Waals surface area contributed by atoms with Crippen molar-refractivity contribution in [2.75, 3.05) is 45.7 Å². The van der Waals surface area contributed by atoms with E-state index in [0.29, 0.717) is 46.6 Å². The highest BCUT2D eigenvalue weighted by Gasteiger charge is 2.30. The van der Waals surface area contributed by atoms with E-state index in [-0.39, 0.29) is 11.8 Å². The maximum atomic E-state index is 12.9. The van der Waals surface area contributed by atoms with Gasteiger partial charge in [-0.15, -0.1) is 11.3 Å². The van der Waals surface area contributed by atoms with Crippen molar-refractivity contribution in [2.45, 2.75) is 12.5 Å². The van der Waals surface area contributed by atoms with Crippen molar-refractivity contribution in [2.24, 2.45) is 5.16 Å². The Bertz CT molecular complexity index is 1020. The maximum Gasteiger partial charge on any atom is 0.268 e. The second-order valence-electron chi connectivity index (χ2n) is 7.44. The molecule has 1 saturated heterocycles. The first-order chi connectivity index (χ1) is 14.9. The van der Waals surface area contributed by atoms with E-state index in [4.69, 9.17) is 21.2 Å². The van der Waals surface area contributed by atoms with Gasteiger partial charge in [-0.3, -0.25) is 9.59 Å². The average Bonchev–Trinajstić information content (AvgIpc) is 3.43. The average molecular weight is 463 g/mol. The van der Waals surface area contributed by atoms with Crippen molar-refractivity contribution >= 4 is 46.2 Å². The van der Waals surface area contributed by atoms with Crippen molar-refractivity contribution in [3.8, 4) is 5.75 Å². The van der Waals surface area contributed by atoms with Crippen LogP contribution in [0.1, 0.15) is 21.7 Å². The van der Waals surface area contributed by atoms with E-state index >= 15 is 0 Å². The van der Waals surface area contributed by atoms with Crippen molar-refractivity contribution in [3.05, 3.63) is 45.1 Å². The largest absolute Gasteiger partial charge is 0.495 e. The van der Waals surface area contributed by atoms with E-state index in [0.717, 1.165) is 18.0 Å². The molecule has 0 radical (unpaired) electrons. The summed E-state index contributed by atoms with van der Waals surface area (Å²) in [6, 6.07) is 8.68. The third kappa shape index (κ3) is 4.84. The number of piperazine rings is 1. The van der Waals surface area contributed by atoms with Crippen LogP contribution in [0, 0.1) is 0 Å². The minimum atomic E-state index is -0.766. The van der Waals surface area contributed by atoms with Gasteiger partial charge in [-0.1, -0.05) is 16.8 Å². The Hall–Kier alpha value is -2.62. The van der Waals surface area contributed by atoms with Crippen LogP contribution in [0.25, 0.3) is 0 Å². The highest BCUT2D eigenvalue weighted by molar-refractivity contribution is 7.18. The van der Waals surface area contributed by atoms with Crippen LogP contribution in [0.2, 0.25) is 4.34 Å². The molecule has 10 heteroatoms. The Morgan fingerprint density at radius 2 is 2.00 bits per heavy atom. The summed E-state index contributed by atoms with van der Waals surface area (Å²) in [5, 5.41) is 6.85. The number of methoxy groups -OCH3 is 1. The Balaban J connectivity index is 1.44. The molecule has 1 atom stereocenters. The molecule has 31 heavy (non-hydrogen) atoms. The topological polar surface area (TPSA) is 83.5 Å². The van der Waals surface area contributed by atoms with Gasteiger partial charge in [0, 0.05) is 38.2 Å². The van der Waals surface area contributed by atoms with Crippen LogP contribution < -0.4 is 10.1 Å². The number of hydrogen-bond acceptors (Lipinski definition) is 7. The summed E-state index contributed by atoms with van der Waals surface area (Å²) >= 11 is 7.36. The van der Waals surface area contributed by atoms with Crippen LogP contribution in [0.4, 0.5) is 5.69 Å². The molecule has 2 amide bonds. The van der Waals surface area contributed by atoms with E-state index in [1.54, 1.807) is 24.3 Å². The third-order valence-electron chi connectivity index (χ3n) is 5.31. The monoisotopic (exact) mass is 462 g/mol. The number of halogens is 1. The van der Waals surface area contributed by atoms with Gasteiger partial charge in [0.05, 0.1) is 22.0 Å². The highest BCUT2D eigenvalue weighted by atomic mass is 35.5. The van der Waals surface area contributed by atoms with Crippen LogP contribution in [0.5, 0.6) is 5.75 Å². The molecule has 0 saturated carbocycles. The molecule has 164 valence electrons. The molecule has 1 aromatic carbocycles. The van der Waals surface area contributed by atoms with Crippen LogP contribution in [-0.4, -0.2) is 73.8 Å². The summed E-state index contributed by atoms with van der Waals surface area (Å²) in [5.74, 6) is 0.0416. The number of benzene rings is 1. The quantitative estimate of drug-likeness (QED) is 0.738. The number of carbonyl (C=O) groups is 2. The summed E-state index contributed by atoms with van der Waals surface area (Å²) in [5.41, 5.74) is 1.60. The normalized spacial score (nSPS) is 19.0. The van der Waals surface area contributed by atoms with Crippen LogP contribution in [0.15, 0.2) is 35.5 Å². The van der Waals surface area contributed by atoms with E-state index in [2.05, 4.69) is 15.4 Å². The Kier molecular flexibility index (Phi) is 6.45. The highest BCUT2D eigenvalue weighted by Crippen LogP contribution is 2.29. The molecule has 1 aromatic heterocycles. The van der Waals surface area contributed by atoms with E-state index in [1.807, 2.05) is 18.0 Å². The summed E-state index contributed by atoms with van der Waals surface area (Å²) in [4.78, 5) is 35.9. The number of thiophene rings is 1. The smallest absolute Gasteiger partial charge is 0.268 e. The van der Waals surface area contributed by atoms with E-state index < -0.39 is 6.10 Å². The minimum absolute atomic E-state index is 0.0661. The number of oxime groups is 1. The summed E-state index contributed by atoms with van der Waals surface area (Å²) in [7, 11) is 3.55. The zero-order valence-corrected chi connectivity index (χ0v) is 18.8. The van der Waals surface area contributed by atoms with Gasteiger partial charge in [-0.25, -0.2) is 0 Å². The lowest BCUT2D eigenvalue weighted by Crippen LogP contribution is -2.47. The van der Waals surface area contributed by atoms with E-state index in [9.17, 15) is 9.59 Å². The molecule has 2 aliphatic rings. The van der Waals surface area contributed by atoms with Crippen LogP contribution in [-0.2, 0) is 9.63 Å². The SMILES string of the molecule is COc1ccc(C(=O)N2CCN(C)CC2)cc1NC(=O)C1CC(c2ccc(Cl)s2)=NO1. The molecule has 0 bridgehead atoms. The number of amides is 2. The number of hydrogen-bond donors (Lipinski definition) is 1. The molecule has 1 unspecified atom stereocenters. The molecule has 2 aliphatic heterocycles. The number of anilines is 1. The van der Waals surface area contributed by atoms with Gasteiger partial charge in [0.15, 0.2) is 0 Å². The number of nitrogens with zero attached hydrogens (tertiary/aromatic N) is 3. The molecule has 1 fully saturated rings. The predicted molar refractivity (Wildman–Crippen MR) is 120 cm³/mol. The number of likely N-dealkylation sites (N-methyl/N-ethyl adjacent to an activating group) is 1. The molecule has 2 aromatic rings. The zero-order chi connectivity index (χ0) is 22.0. The molecular formula is C21H23ClN4O4S. The lowest BCUT2D eigenvalue weighted by molar-refractivity contribution is -0.125. The molecule has 0 spiro atoms. The van der Waals surface area contributed by atoms with Gasteiger partial charge in [0.1, 0.15) is 11.5 Å². The number of carbonyl (C=O) groups excluding carboxylic acids is 2. The molecule has 3 heterocycles. The van der Waals surface area contributed by atoms with Crippen LogP contribution in [0.3, 0.4) is 0 Å². The molecule has 4 rings (SSSR count). The van der Waals surface area contributed by atoms with Gasteiger partial charge in [-0.2, -0.15) is 0 Å². The van der Waals surface area contributed by atoms with Gasteiger partial charge < -0.3 is 24.7 Å². The Morgan fingerprint density at radius 1 is 1.23 bits per heavy atom. The number of ether oxygens (including phenoxy) is 1. The second-order valence-corrected chi connectivity index (χ2v) is 9.15. The van der Waals surface area contributed by atoms with Crippen molar-refractivity contribution in [1.82, 2.24) is 9.80 Å². The maximum absolute atomic E-state index is 12.9. The molecular weight excluding hydrogens is 440 g/mol. The molecule has 8 nitrogen and oxygen atoms in total. The predicted octanol–water partition coefficient (Wildman–Crippen LogP) is 2.93.